The Morgan fingerprint density at radius 1 is 0.853 bits per heavy atom. The third-order valence-corrected chi connectivity index (χ3v) is 9.58. The molecule has 1 fully saturated rings. The molecule has 5 rings (SSSR count). The number of sulfonamides is 2. The van der Waals surface area contributed by atoms with E-state index in [2.05, 4.69) is 15.0 Å². The second-order valence-electron chi connectivity index (χ2n) is 7.91. The Morgan fingerprint density at radius 3 is 1.88 bits per heavy atom. The molecule has 2 heterocycles. The Labute approximate surface area is 193 Å². The van der Waals surface area contributed by atoms with Crippen molar-refractivity contribution in [3.63, 3.8) is 0 Å². The topological polar surface area (TPSA) is 155 Å². The Morgan fingerprint density at radius 2 is 1.38 bits per heavy atom. The second kappa shape index (κ2) is 7.95. The standard InChI is InChI=1S/C21H19N5O6S2/c27-19-17-18(24-21(28)25(19)13-14-11-12-14)23-20(22-17)26(33(29,30)15-7-3-1-4-8-15)34(31,32)16-9-5-2-6-10-16/h1-10,14H,11-13H2,(H,22,23)(H,24,28). The lowest BCUT2D eigenvalue weighted by atomic mass is 10.4. The molecule has 2 aromatic carbocycles. The molecule has 0 spiro atoms. The molecular formula is C21H19N5O6S2. The fraction of sp³-hybridized carbons (Fsp3) is 0.190. The summed E-state index contributed by atoms with van der Waals surface area (Å²) in [6.45, 7) is 0.215. The van der Waals surface area contributed by atoms with Crippen molar-refractivity contribution in [3.05, 3.63) is 81.5 Å². The molecule has 4 aromatic rings. The maximum absolute atomic E-state index is 13.5. The van der Waals surface area contributed by atoms with Gasteiger partial charge in [0.1, 0.15) is 0 Å². The molecule has 13 heteroatoms. The van der Waals surface area contributed by atoms with E-state index in [9.17, 15) is 26.4 Å². The summed E-state index contributed by atoms with van der Waals surface area (Å²) in [7, 11) is -9.40. The molecule has 11 nitrogen and oxygen atoms in total. The first-order valence-corrected chi connectivity index (χ1v) is 13.2. The van der Waals surface area contributed by atoms with Crippen LogP contribution in [0.2, 0.25) is 0 Å². The molecule has 2 N–H and O–H groups in total. The first-order chi connectivity index (χ1) is 16.2. The first kappa shape index (κ1) is 22.1. The minimum atomic E-state index is -4.70. The van der Waals surface area contributed by atoms with E-state index >= 15 is 0 Å². The molecular weight excluding hydrogens is 482 g/mol. The van der Waals surface area contributed by atoms with Crippen molar-refractivity contribution in [3.8, 4) is 0 Å². The number of aromatic amines is 2. The zero-order chi connectivity index (χ0) is 24.1. The fourth-order valence-corrected chi connectivity index (χ4v) is 7.11. The molecule has 2 aromatic heterocycles. The number of nitrogens with one attached hydrogen (secondary N) is 2. The van der Waals surface area contributed by atoms with Gasteiger partial charge in [-0.1, -0.05) is 36.4 Å². The highest BCUT2D eigenvalue weighted by molar-refractivity contribution is 8.10. The van der Waals surface area contributed by atoms with E-state index in [1.165, 1.54) is 48.5 Å². The van der Waals surface area contributed by atoms with E-state index < -0.39 is 37.2 Å². The molecule has 1 saturated carbocycles. The average Bonchev–Trinajstić information content (AvgIpc) is 3.55. The van der Waals surface area contributed by atoms with Crippen molar-refractivity contribution >= 4 is 37.2 Å². The van der Waals surface area contributed by atoms with E-state index in [1.807, 2.05) is 0 Å². The Hall–Kier alpha value is -3.71. The second-order valence-corrected chi connectivity index (χ2v) is 11.7. The van der Waals surface area contributed by atoms with Crippen molar-refractivity contribution in [1.29, 1.82) is 0 Å². The van der Waals surface area contributed by atoms with Crippen molar-refractivity contribution in [2.45, 2.75) is 29.2 Å². The molecule has 0 atom stereocenters. The maximum atomic E-state index is 13.5. The van der Waals surface area contributed by atoms with Crippen molar-refractivity contribution in [2.24, 2.45) is 5.92 Å². The SMILES string of the molecule is O=c1[nH]c2nc(N(S(=O)(=O)c3ccccc3)S(=O)(=O)c3ccccc3)[nH]c2c(=O)n1CC1CC1. The number of benzene rings is 2. The summed E-state index contributed by atoms with van der Waals surface area (Å²) in [6.07, 6.45) is 1.80. The van der Waals surface area contributed by atoms with Gasteiger partial charge < -0.3 is 4.98 Å². The largest absolute Gasteiger partial charge is 0.330 e. The maximum Gasteiger partial charge on any atom is 0.330 e. The van der Waals surface area contributed by atoms with Crippen LogP contribution in [-0.4, -0.2) is 36.4 Å². The number of imidazole rings is 1. The van der Waals surface area contributed by atoms with Gasteiger partial charge >= 0.3 is 5.69 Å². The number of aromatic nitrogens is 4. The lowest BCUT2D eigenvalue weighted by Crippen LogP contribution is -2.38. The van der Waals surface area contributed by atoms with Crippen LogP contribution in [0.15, 0.2) is 80.0 Å². The Bertz CT molecular complexity index is 1630. The molecule has 34 heavy (non-hydrogen) atoms. The summed E-state index contributed by atoms with van der Waals surface area (Å²) in [5.41, 5.74) is -1.86. The summed E-state index contributed by atoms with van der Waals surface area (Å²) < 4.78 is 55.3. The summed E-state index contributed by atoms with van der Waals surface area (Å²) in [4.78, 5) is 33.8. The van der Waals surface area contributed by atoms with Gasteiger partial charge in [0.25, 0.3) is 25.6 Å². The van der Waals surface area contributed by atoms with Crippen LogP contribution >= 0.6 is 0 Å². The van der Waals surface area contributed by atoms with Crippen LogP contribution in [-0.2, 0) is 26.6 Å². The molecule has 0 aliphatic heterocycles. The highest BCUT2D eigenvalue weighted by Gasteiger charge is 2.39. The smallest absolute Gasteiger partial charge is 0.316 e. The number of fused-ring (bicyclic) bond motifs is 1. The van der Waals surface area contributed by atoms with Gasteiger partial charge in [-0.3, -0.25) is 14.3 Å². The van der Waals surface area contributed by atoms with Crippen LogP contribution in [0.1, 0.15) is 12.8 Å². The van der Waals surface area contributed by atoms with E-state index in [4.69, 9.17) is 0 Å². The van der Waals surface area contributed by atoms with Gasteiger partial charge in [-0.15, -0.1) is 3.71 Å². The van der Waals surface area contributed by atoms with Gasteiger partial charge in [-0.05, 0) is 43.0 Å². The quantitative estimate of drug-likeness (QED) is 0.388. The number of H-pyrrole nitrogens is 2. The number of rotatable bonds is 7. The third kappa shape index (κ3) is 3.72. The van der Waals surface area contributed by atoms with Gasteiger partial charge in [0, 0.05) is 6.54 Å². The molecule has 176 valence electrons. The zero-order valence-electron chi connectivity index (χ0n) is 17.6. The van der Waals surface area contributed by atoms with Crippen molar-refractivity contribution < 1.29 is 16.8 Å². The van der Waals surface area contributed by atoms with Crippen LogP contribution in [0.5, 0.6) is 0 Å². The van der Waals surface area contributed by atoms with Gasteiger partial charge in [0.2, 0.25) is 5.95 Å². The normalized spacial score (nSPS) is 14.4. The van der Waals surface area contributed by atoms with Crippen LogP contribution in [0.4, 0.5) is 5.95 Å². The van der Waals surface area contributed by atoms with Crippen LogP contribution in [0.3, 0.4) is 0 Å². The summed E-state index contributed by atoms with van der Waals surface area (Å²) in [5.74, 6) is -0.424. The number of nitrogens with zero attached hydrogens (tertiary/aromatic N) is 3. The number of hydrogen-bond acceptors (Lipinski definition) is 7. The Kier molecular flexibility index (Phi) is 5.17. The minimum absolute atomic E-state index is 0.146. The van der Waals surface area contributed by atoms with E-state index in [0.717, 1.165) is 17.4 Å². The predicted octanol–water partition coefficient (Wildman–Crippen LogP) is 1.41. The zero-order valence-corrected chi connectivity index (χ0v) is 19.2. The lowest BCUT2D eigenvalue weighted by Gasteiger charge is -2.21. The van der Waals surface area contributed by atoms with Gasteiger partial charge in [0.05, 0.1) is 9.79 Å². The molecule has 0 amide bonds. The van der Waals surface area contributed by atoms with Crippen LogP contribution in [0.25, 0.3) is 11.2 Å². The number of anilines is 1. The fourth-order valence-electron chi connectivity index (χ4n) is 3.55. The molecule has 0 saturated heterocycles. The third-order valence-electron chi connectivity index (χ3n) is 5.45. The van der Waals surface area contributed by atoms with E-state index in [1.54, 1.807) is 12.1 Å². The summed E-state index contributed by atoms with van der Waals surface area (Å²) in [6, 6.07) is 14.0. The van der Waals surface area contributed by atoms with Crippen molar-refractivity contribution in [2.75, 3.05) is 3.71 Å². The molecule has 0 unspecified atom stereocenters. The first-order valence-electron chi connectivity index (χ1n) is 10.3. The Balaban J connectivity index is 1.75. The monoisotopic (exact) mass is 501 g/mol. The molecule has 0 radical (unpaired) electrons. The minimum Gasteiger partial charge on any atom is -0.316 e. The van der Waals surface area contributed by atoms with E-state index in [0.29, 0.717) is 0 Å². The number of hydrogen-bond donors (Lipinski definition) is 2. The predicted molar refractivity (Wildman–Crippen MR) is 123 cm³/mol. The van der Waals surface area contributed by atoms with Gasteiger partial charge in [-0.2, -0.15) is 21.8 Å². The molecule has 1 aliphatic rings. The summed E-state index contributed by atoms with van der Waals surface area (Å²) >= 11 is 0. The van der Waals surface area contributed by atoms with Crippen LogP contribution in [0, 0.1) is 5.92 Å². The summed E-state index contributed by atoms with van der Waals surface area (Å²) in [5, 5.41) is 0. The average molecular weight is 502 g/mol. The van der Waals surface area contributed by atoms with Gasteiger partial charge in [0.15, 0.2) is 11.2 Å². The van der Waals surface area contributed by atoms with Crippen molar-refractivity contribution in [1.82, 2.24) is 19.5 Å². The highest BCUT2D eigenvalue weighted by atomic mass is 32.3. The molecule has 1 aliphatic carbocycles. The lowest BCUT2D eigenvalue weighted by molar-refractivity contribution is 0.580. The highest BCUT2D eigenvalue weighted by Crippen LogP contribution is 2.31. The van der Waals surface area contributed by atoms with Gasteiger partial charge in [-0.25, -0.2) is 4.79 Å². The van der Waals surface area contributed by atoms with E-state index in [-0.39, 0.29) is 37.1 Å². The van der Waals surface area contributed by atoms with Crippen LogP contribution < -0.4 is 15.0 Å². The molecule has 0 bridgehead atoms.